The molecule has 7 heteroatoms. The number of hydrogen-bond donors (Lipinski definition) is 1. The first-order valence-corrected chi connectivity index (χ1v) is 8.89. The molecule has 0 radical (unpaired) electrons. The summed E-state index contributed by atoms with van der Waals surface area (Å²) >= 11 is 1.80. The van der Waals surface area contributed by atoms with Crippen LogP contribution in [0.3, 0.4) is 0 Å². The van der Waals surface area contributed by atoms with Crippen LogP contribution in [0.5, 0.6) is 0 Å². The van der Waals surface area contributed by atoms with E-state index in [-0.39, 0.29) is 10.5 Å². The zero-order valence-corrected chi connectivity index (χ0v) is 12.8. The summed E-state index contributed by atoms with van der Waals surface area (Å²) in [5, 5.41) is 9.16. The second kappa shape index (κ2) is 6.15. The van der Waals surface area contributed by atoms with E-state index in [0.29, 0.717) is 18.3 Å². The van der Waals surface area contributed by atoms with Gasteiger partial charge in [-0.3, -0.25) is 0 Å². The van der Waals surface area contributed by atoms with Gasteiger partial charge in [-0.05, 0) is 30.7 Å². The molecule has 0 aromatic heterocycles. The number of rotatable bonds is 4. The molecule has 0 spiro atoms. The van der Waals surface area contributed by atoms with Crippen molar-refractivity contribution in [1.29, 1.82) is 0 Å². The first-order valence-electron chi connectivity index (χ1n) is 6.40. The summed E-state index contributed by atoms with van der Waals surface area (Å²) in [4.78, 5) is 10.9. The average molecular weight is 315 g/mol. The molecule has 110 valence electrons. The highest BCUT2D eigenvalue weighted by molar-refractivity contribution is 8.00. The van der Waals surface area contributed by atoms with Gasteiger partial charge in [0, 0.05) is 24.1 Å². The summed E-state index contributed by atoms with van der Waals surface area (Å²) in [7, 11) is -3.52. The number of carbonyl (C=O) groups is 1. The van der Waals surface area contributed by atoms with Gasteiger partial charge in [-0.2, -0.15) is 16.1 Å². The Bertz CT molecular complexity index is 583. The van der Waals surface area contributed by atoms with E-state index in [0.717, 1.165) is 12.2 Å². The molecule has 1 aromatic carbocycles. The van der Waals surface area contributed by atoms with Gasteiger partial charge in [0.05, 0.1) is 10.5 Å². The smallest absolute Gasteiger partial charge is 0.335 e. The van der Waals surface area contributed by atoms with Crippen LogP contribution in [0.4, 0.5) is 0 Å². The Labute approximate surface area is 123 Å². The topological polar surface area (TPSA) is 74.7 Å². The molecule has 1 unspecified atom stereocenters. The maximum Gasteiger partial charge on any atom is 0.335 e. The van der Waals surface area contributed by atoms with Gasteiger partial charge in [0.2, 0.25) is 10.0 Å². The molecule has 1 aliphatic heterocycles. The minimum atomic E-state index is -3.52. The Morgan fingerprint density at radius 2 is 2.05 bits per heavy atom. The predicted molar refractivity (Wildman–Crippen MR) is 78.7 cm³/mol. The molecule has 1 aliphatic rings. The molecule has 1 heterocycles. The van der Waals surface area contributed by atoms with Crippen LogP contribution in [0, 0.1) is 0 Å². The molecule has 0 amide bonds. The van der Waals surface area contributed by atoms with Gasteiger partial charge in [0.25, 0.3) is 0 Å². The molecular weight excluding hydrogens is 298 g/mol. The average Bonchev–Trinajstić information content (AvgIpc) is 2.47. The van der Waals surface area contributed by atoms with Gasteiger partial charge < -0.3 is 5.11 Å². The lowest BCUT2D eigenvalue weighted by atomic mass is 10.2. The Hall–Kier alpha value is -1.05. The predicted octanol–water partition coefficient (Wildman–Crippen LogP) is 1.90. The summed E-state index contributed by atoms with van der Waals surface area (Å²) in [6.45, 7) is 3.07. The lowest BCUT2D eigenvalue weighted by molar-refractivity contribution is 0.0696. The molecule has 20 heavy (non-hydrogen) atoms. The molecular formula is C13H17NO4S2. The second-order valence-electron chi connectivity index (χ2n) is 4.59. The first-order chi connectivity index (χ1) is 9.45. The number of aromatic carboxylic acids is 1. The first kappa shape index (κ1) is 15.3. The number of carboxylic acids is 1. The zero-order chi connectivity index (χ0) is 14.8. The molecule has 1 atom stereocenters. The lowest BCUT2D eigenvalue weighted by Gasteiger charge is -2.31. The number of nitrogens with zero attached hydrogens (tertiary/aromatic N) is 1. The summed E-state index contributed by atoms with van der Waals surface area (Å²) in [5.74, 6) is -0.264. The summed E-state index contributed by atoms with van der Waals surface area (Å²) in [6.07, 6.45) is 0.939. The van der Waals surface area contributed by atoms with Crippen molar-refractivity contribution >= 4 is 27.8 Å². The normalized spacial score (nSPS) is 20.8. The van der Waals surface area contributed by atoms with Crippen LogP contribution in [0.2, 0.25) is 0 Å². The summed E-state index contributed by atoms with van der Waals surface area (Å²) < 4.78 is 26.5. The minimum absolute atomic E-state index is 0.0876. The Morgan fingerprint density at radius 1 is 1.40 bits per heavy atom. The number of benzene rings is 1. The van der Waals surface area contributed by atoms with Crippen molar-refractivity contribution in [3.05, 3.63) is 29.8 Å². The standard InChI is InChI=1S/C13H17NO4S2/c1-2-11-9-14(7-8-19-11)20(17,18)12-5-3-10(4-6-12)13(15)16/h3-6,11H,2,7-9H2,1H3,(H,15,16). The fourth-order valence-corrected chi connectivity index (χ4v) is 4.95. The SMILES string of the molecule is CCC1CN(S(=O)(=O)c2ccc(C(=O)O)cc2)CCS1. The number of sulfonamides is 1. The van der Waals surface area contributed by atoms with E-state index in [1.807, 2.05) is 0 Å². The van der Waals surface area contributed by atoms with Crippen LogP contribution >= 0.6 is 11.8 Å². The van der Waals surface area contributed by atoms with Crippen LogP contribution in [0.1, 0.15) is 23.7 Å². The highest BCUT2D eigenvalue weighted by Gasteiger charge is 2.29. The van der Waals surface area contributed by atoms with E-state index < -0.39 is 16.0 Å². The molecule has 0 bridgehead atoms. The van der Waals surface area contributed by atoms with Gasteiger partial charge in [0.15, 0.2) is 0 Å². The van der Waals surface area contributed by atoms with Gasteiger partial charge in [-0.25, -0.2) is 13.2 Å². The van der Waals surface area contributed by atoms with E-state index in [9.17, 15) is 13.2 Å². The molecule has 5 nitrogen and oxygen atoms in total. The lowest BCUT2D eigenvalue weighted by Crippen LogP contribution is -2.41. The highest BCUT2D eigenvalue weighted by Crippen LogP contribution is 2.26. The van der Waals surface area contributed by atoms with E-state index in [1.54, 1.807) is 11.8 Å². The monoisotopic (exact) mass is 315 g/mol. The van der Waals surface area contributed by atoms with E-state index >= 15 is 0 Å². The molecule has 1 N–H and O–H groups in total. The van der Waals surface area contributed by atoms with Crippen LogP contribution in [0.15, 0.2) is 29.2 Å². The summed E-state index contributed by atoms with van der Waals surface area (Å²) in [5.41, 5.74) is 0.0876. The molecule has 0 saturated carbocycles. The minimum Gasteiger partial charge on any atom is -0.478 e. The van der Waals surface area contributed by atoms with Crippen molar-refractivity contribution < 1.29 is 18.3 Å². The van der Waals surface area contributed by atoms with Gasteiger partial charge in [0.1, 0.15) is 0 Å². The number of carboxylic acid groups (broad SMARTS) is 1. The maximum absolute atomic E-state index is 12.5. The van der Waals surface area contributed by atoms with Crippen LogP contribution in [-0.2, 0) is 10.0 Å². The van der Waals surface area contributed by atoms with E-state index in [4.69, 9.17) is 5.11 Å². The summed E-state index contributed by atoms with van der Waals surface area (Å²) in [6, 6.07) is 5.37. The van der Waals surface area contributed by atoms with Crippen LogP contribution in [-0.4, -0.2) is 47.9 Å². The number of hydrogen-bond acceptors (Lipinski definition) is 4. The quantitative estimate of drug-likeness (QED) is 0.918. The fraction of sp³-hybridized carbons (Fsp3) is 0.462. The van der Waals surface area contributed by atoms with Crippen LogP contribution < -0.4 is 0 Å². The molecule has 0 aliphatic carbocycles. The fourth-order valence-electron chi connectivity index (χ4n) is 2.08. The second-order valence-corrected chi connectivity index (χ2v) is 7.94. The van der Waals surface area contributed by atoms with Crippen molar-refractivity contribution in [3.63, 3.8) is 0 Å². The van der Waals surface area contributed by atoms with Crippen LogP contribution in [0.25, 0.3) is 0 Å². The van der Waals surface area contributed by atoms with E-state index in [2.05, 4.69) is 6.92 Å². The van der Waals surface area contributed by atoms with Gasteiger partial charge in [-0.1, -0.05) is 6.92 Å². The van der Waals surface area contributed by atoms with E-state index in [1.165, 1.54) is 28.6 Å². The maximum atomic E-state index is 12.5. The number of thioether (sulfide) groups is 1. The molecule has 1 fully saturated rings. The Balaban J connectivity index is 2.23. The van der Waals surface area contributed by atoms with Crippen molar-refractivity contribution in [1.82, 2.24) is 4.31 Å². The van der Waals surface area contributed by atoms with Crippen molar-refractivity contribution in [2.45, 2.75) is 23.5 Å². The van der Waals surface area contributed by atoms with Crippen molar-refractivity contribution in [2.24, 2.45) is 0 Å². The van der Waals surface area contributed by atoms with Gasteiger partial charge >= 0.3 is 5.97 Å². The van der Waals surface area contributed by atoms with Crippen molar-refractivity contribution in [3.8, 4) is 0 Å². The molecule has 1 saturated heterocycles. The largest absolute Gasteiger partial charge is 0.478 e. The van der Waals surface area contributed by atoms with Crippen molar-refractivity contribution in [2.75, 3.05) is 18.8 Å². The van der Waals surface area contributed by atoms with Gasteiger partial charge in [-0.15, -0.1) is 0 Å². The molecule has 2 rings (SSSR count). The Morgan fingerprint density at radius 3 is 2.60 bits per heavy atom. The zero-order valence-electron chi connectivity index (χ0n) is 11.2. The highest BCUT2D eigenvalue weighted by atomic mass is 32.2. The molecule has 1 aromatic rings. The third-order valence-corrected chi connectivity index (χ3v) is 6.55. The third kappa shape index (κ3) is 3.16. The third-order valence-electron chi connectivity index (χ3n) is 3.30. The Kier molecular flexibility index (Phi) is 4.72.